The van der Waals surface area contributed by atoms with Gasteiger partial charge >= 0.3 is 0 Å². The lowest BCUT2D eigenvalue weighted by Crippen LogP contribution is -2.01. The number of ether oxygens (including phenoxy) is 1. The van der Waals surface area contributed by atoms with Crippen molar-refractivity contribution in [3.63, 3.8) is 0 Å². The third-order valence-corrected chi connectivity index (χ3v) is 3.92. The predicted molar refractivity (Wildman–Crippen MR) is 102 cm³/mol. The molecule has 0 fully saturated rings. The van der Waals surface area contributed by atoms with Crippen LogP contribution in [0, 0.1) is 0 Å². The van der Waals surface area contributed by atoms with Crippen LogP contribution in [0.15, 0.2) is 66.5 Å². The van der Waals surface area contributed by atoms with E-state index < -0.39 is 0 Å². The monoisotopic (exact) mass is 326 g/mol. The average Bonchev–Trinajstić information content (AvgIpc) is 2.63. The predicted octanol–water partition coefficient (Wildman–Crippen LogP) is 6.26. The Hall–Kier alpha value is -2.09. The van der Waals surface area contributed by atoms with Gasteiger partial charge in [0.15, 0.2) is 5.78 Å². The van der Waals surface area contributed by atoms with E-state index >= 15 is 0 Å². The molecule has 0 N–H and O–H groups in total. The summed E-state index contributed by atoms with van der Waals surface area (Å²) in [6.07, 6.45) is 12.4. The van der Waals surface area contributed by atoms with Crippen molar-refractivity contribution < 1.29 is 9.53 Å². The molecule has 1 aromatic rings. The summed E-state index contributed by atoms with van der Waals surface area (Å²) in [6, 6.07) is 9.38. The van der Waals surface area contributed by atoms with Gasteiger partial charge in [0.25, 0.3) is 0 Å². The second-order valence-electron chi connectivity index (χ2n) is 5.88. The molecule has 0 atom stereocenters. The largest absolute Gasteiger partial charge is 0.498 e. The first-order chi connectivity index (χ1) is 11.7. The van der Waals surface area contributed by atoms with Gasteiger partial charge in [0.05, 0.1) is 12.4 Å². The van der Waals surface area contributed by atoms with Crippen molar-refractivity contribution in [1.82, 2.24) is 0 Å². The van der Waals surface area contributed by atoms with Crippen molar-refractivity contribution in [3.8, 4) is 0 Å². The number of rotatable bonds is 12. The molecule has 0 heterocycles. The lowest BCUT2D eigenvalue weighted by Gasteiger charge is -2.09. The van der Waals surface area contributed by atoms with E-state index in [0.29, 0.717) is 6.42 Å². The van der Waals surface area contributed by atoms with Crippen LogP contribution in [0.4, 0.5) is 0 Å². The van der Waals surface area contributed by atoms with Crippen molar-refractivity contribution in [2.75, 3.05) is 6.61 Å². The summed E-state index contributed by atoms with van der Waals surface area (Å²) in [4.78, 5) is 12.3. The Morgan fingerprint density at radius 1 is 1.12 bits per heavy atom. The second kappa shape index (κ2) is 12.3. The summed E-state index contributed by atoms with van der Waals surface area (Å²) in [5.41, 5.74) is 1.49. The van der Waals surface area contributed by atoms with E-state index in [1.165, 1.54) is 19.3 Å². The number of carbonyl (C=O) groups is 1. The van der Waals surface area contributed by atoms with Crippen LogP contribution in [-0.4, -0.2) is 12.4 Å². The Balaban J connectivity index is 2.34. The first kappa shape index (κ1) is 20.0. The molecule has 0 aliphatic rings. The molecule has 130 valence electrons. The van der Waals surface area contributed by atoms with Gasteiger partial charge in [-0.05, 0) is 44.8 Å². The van der Waals surface area contributed by atoms with E-state index in [1.54, 1.807) is 0 Å². The topological polar surface area (TPSA) is 26.3 Å². The molecule has 0 aromatic heterocycles. The van der Waals surface area contributed by atoms with Gasteiger partial charge in [0.2, 0.25) is 0 Å². The van der Waals surface area contributed by atoms with Crippen LogP contribution in [0.1, 0.15) is 62.7 Å². The van der Waals surface area contributed by atoms with Gasteiger partial charge in [-0.2, -0.15) is 0 Å². The summed E-state index contributed by atoms with van der Waals surface area (Å²) >= 11 is 0. The molecule has 0 saturated heterocycles. The minimum absolute atomic E-state index is 0.0771. The molecule has 2 nitrogen and oxygen atoms in total. The molecule has 0 radical (unpaired) electrons. The molecule has 0 amide bonds. The highest BCUT2D eigenvalue weighted by Gasteiger charge is 2.07. The molecule has 0 aliphatic heterocycles. The number of benzene rings is 1. The van der Waals surface area contributed by atoms with E-state index in [1.807, 2.05) is 62.4 Å². The van der Waals surface area contributed by atoms with Crippen LogP contribution in [-0.2, 0) is 4.74 Å². The fraction of sp³-hybridized carbons (Fsp3) is 0.409. The Morgan fingerprint density at radius 2 is 1.83 bits per heavy atom. The van der Waals surface area contributed by atoms with Crippen molar-refractivity contribution in [1.29, 1.82) is 0 Å². The normalized spacial score (nSPS) is 12.1. The molecular formula is C22H30O2. The summed E-state index contributed by atoms with van der Waals surface area (Å²) in [5.74, 6) is 1.01. The third kappa shape index (κ3) is 7.96. The zero-order valence-corrected chi connectivity index (χ0v) is 15.1. The Labute approximate surface area is 146 Å². The maximum Gasteiger partial charge on any atom is 0.188 e. The molecular weight excluding hydrogens is 296 g/mol. The zero-order chi connectivity index (χ0) is 17.6. The molecule has 24 heavy (non-hydrogen) atoms. The molecule has 0 spiro atoms. The van der Waals surface area contributed by atoms with Gasteiger partial charge in [-0.1, -0.05) is 55.3 Å². The number of carbonyl (C=O) groups excluding carboxylic acids is 1. The Kier molecular flexibility index (Phi) is 10.3. The van der Waals surface area contributed by atoms with E-state index in [9.17, 15) is 4.79 Å². The van der Waals surface area contributed by atoms with Gasteiger partial charge in [0.1, 0.15) is 0 Å². The zero-order valence-electron chi connectivity index (χ0n) is 15.1. The third-order valence-electron chi connectivity index (χ3n) is 3.92. The Bertz CT molecular complexity index is 553. The molecule has 1 rings (SSSR count). The highest BCUT2D eigenvalue weighted by molar-refractivity contribution is 6.08. The van der Waals surface area contributed by atoms with Crippen LogP contribution in [0.5, 0.6) is 0 Å². The van der Waals surface area contributed by atoms with Crippen molar-refractivity contribution >= 4 is 5.78 Å². The smallest absolute Gasteiger partial charge is 0.188 e. The maximum absolute atomic E-state index is 12.3. The van der Waals surface area contributed by atoms with Gasteiger partial charge < -0.3 is 4.74 Å². The molecule has 0 aliphatic carbocycles. The van der Waals surface area contributed by atoms with Crippen LogP contribution in [0.2, 0.25) is 0 Å². The van der Waals surface area contributed by atoms with E-state index in [4.69, 9.17) is 4.74 Å². The van der Waals surface area contributed by atoms with E-state index in [0.717, 1.165) is 36.3 Å². The maximum atomic E-state index is 12.3. The summed E-state index contributed by atoms with van der Waals surface area (Å²) in [6.45, 7) is 8.31. The minimum Gasteiger partial charge on any atom is -0.498 e. The van der Waals surface area contributed by atoms with Crippen LogP contribution < -0.4 is 0 Å². The van der Waals surface area contributed by atoms with Crippen LogP contribution in [0.3, 0.4) is 0 Å². The molecule has 0 bridgehead atoms. The van der Waals surface area contributed by atoms with E-state index in [-0.39, 0.29) is 5.78 Å². The number of hydrogen-bond acceptors (Lipinski definition) is 2. The van der Waals surface area contributed by atoms with Crippen molar-refractivity contribution in [2.45, 2.75) is 52.4 Å². The minimum atomic E-state index is 0.0771. The van der Waals surface area contributed by atoms with Crippen LogP contribution >= 0.6 is 0 Å². The molecule has 0 saturated carbocycles. The lowest BCUT2D eigenvalue weighted by molar-refractivity contribution is 0.103. The van der Waals surface area contributed by atoms with Gasteiger partial charge in [0, 0.05) is 12.0 Å². The lowest BCUT2D eigenvalue weighted by atomic mass is 10.0. The van der Waals surface area contributed by atoms with Gasteiger partial charge in [-0.3, -0.25) is 4.79 Å². The SMILES string of the molecule is C=CCCCCCCOC(=CC)C/C=C(\C)C(=O)c1ccccc1. The first-order valence-corrected chi connectivity index (χ1v) is 8.84. The molecule has 0 unspecified atom stereocenters. The van der Waals surface area contributed by atoms with E-state index in [2.05, 4.69) is 6.58 Å². The summed E-state index contributed by atoms with van der Waals surface area (Å²) in [5, 5.41) is 0. The fourth-order valence-corrected chi connectivity index (χ4v) is 2.37. The van der Waals surface area contributed by atoms with Crippen LogP contribution in [0.25, 0.3) is 0 Å². The Morgan fingerprint density at radius 3 is 2.50 bits per heavy atom. The van der Waals surface area contributed by atoms with Gasteiger partial charge in [-0.15, -0.1) is 6.58 Å². The number of Topliss-reactive ketones (excluding diaryl/α,β-unsaturated/α-hetero) is 1. The second-order valence-corrected chi connectivity index (χ2v) is 5.88. The average molecular weight is 326 g/mol. The van der Waals surface area contributed by atoms with Crippen molar-refractivity contribution in [3.05, 3.63) is 72.0 Å². The summed E-state index contributed by atoms with van der Waals surface area (Å²) in [7, 11) is 0. The number of ketones is 1. The first-order valence-electron chi connectivity index (χ1n) is 8.84. The fourth-order valence-electron chi connectivity index (χ4n) is 2.37. The highest BCUT2D eigenvalue weighted by atomic mass is 16.5. The number of allylic oxidation sites excluding steroid dienone is 4. The highest BCUT2D eigenvalue weighted by Crippen LogP contribution is 2.13. The number of hydrogen-bond donors (Lipinski definition) is 0. The van der Waals surface area contributed by atoms with Gasteiger partial charge in [-0.25, -0.2) is 0 Å². The number of unbranched alkanes of at least 4 members (excludes halogenated alkanes) is 4. The molecule has 1 aromatic carbocycles. The quantitative estimate of drug-likeness (QED) is 0.149. The van der Waals surface area contributed by atoms with Crippen molar-refractivity contribution in [2.24, 2.45) is 0 Å². The summed E-state index contributed by atoms with van der Waals surface area (Å²) < 4.78 is 5.82. The standard InChI is InChI=1S/C22H30O2/c1-4-6-7-8-9-13-18-24-21(5-2)17-16-19(3)22(23)20-14-11-10-12-15-20/h4-5,10-12,14-16H,1,6-9,13,17-18H2,2-3H3/b19-16+,21-5?. The molecule has 2 heteroatoms.